The zero-order valence-corrected chi connectivity index (χ0v) is 12.3. The molecule has 2 atom stereocenters. The Kier molecular flexibility index (Phi) is 5.14. The molecule has 0 saturated heterocycles. The van der Waals surface area contributed by atoms with Crippen molar-refractivity contribution in [3.63, 3.8) is 0 Å². The van der Waals surface area contributed by atoms with Crippen molar-refractivity contribution in [2.45, 2.75) is 31.3 Å². The largest absolute Gasteiger partial charge is 0.330 e. The van der Waals surface area contributed by atoms with E-state index < -0.39 is 10.8 Å². The summed E-state index contributed by atoms with van der Waals surface area (Å²) in [7, 11) is 0.979. The number of hydrogen-bond acceptors (Lipinski definition) is 3. The third kappa shape index (κ3) is 3.15. The van der Waals surface area contributed by atoms with Gasteiger partial charge in [0.2, 0.25) is 0 Å². The molecule has 4 nitrogen and oxygen atoms in total. The van der Waals surface area contributed by atoms with Crippen LogP contribution >= 0.6 is 15.9 Å². The first-order valence-electron chi connectivity index (χ1n) is 5.22. The summed E-state index contributed by atoms with van der Waals surface area (Å²) < 4.78 is 14.8. The van der Waals surface area contributed by atoms with E-state index in [2.05, 4.69) is 21.0 Å². The molecule has 2 N–H and O–H groups in total. The van der Waals surface area contributed by atoms with Crippen molar-refractivity contribution in [3.05, 3.63) is 15.9 Å². The van der Waals surface area contributed by atoms with Gasteiger partial charge in [0.1, 0.15) is 0 Å². The van der Waals surface area contributed by atoms with E-state index in [1.54, 1.807) is 4.68 Å². The van der Waals surface area contributed by atoms with Crippen molar-refractivity contribution in [3.8, 4) is 0 Å². The first-order valence-corrected chi connectivity index (χ1v) is 7.40. The Labute approximate surface area is 107 Å². The molecule has 1 rings (SSSR count). The molecule has 0 aliphatic rings. The molecule has 0 aliphatic heterocycles. The fourth-order valence-electron chi connectivity index (χ4n) is 1.48. The highest BCUT2D eigenvalue weighted by Gasteiger charge is 2.17. The second-order valence-electron chi connectivity index (χ2n) is 3.88. The maximum absolute atomic E-state index is 12.0. The maximum atomic E-state index is 12.0. The Hall–Kier alpha value is -0.200. The lowest BCUT2D eigenvalue weighted by Crippen LogP contribution is -2.18. The van der Waals surface area contributed by atoms with Gasteiger partial charge in [0.25, 0.3) is 0 Å². The molecule has 0 aliphatic carbocycles. The fraction of sp³-hybridized carbons (Fsp3) is 0.700. The van der Waals surface area contributed by atoms with Crippen LogP contribution in [0.5, 0.6) is 0 Å². The monoisotopic (exact) mass is 307 g/mol. The Bertz CT molecular complexity index is 392. The van der Waals surface area contributed by atoms with Crippen molar-refractivity contribution in [2.24, 2.45) is 12.8 Å². The summed E-state index contributed by atoms with van der Waals surface area (Å²) in [5.41, 5.74) is 7.38. The Morgan fingerprint density at radius 1 is 1.62 bits per heavy atom. The standard InChI is InChI=1S/C10H18BrN3OS/c1-7(4-5-12)16(15)6-9-10(11)8(2)13-14(9)3/h7H,4-6,12H2,1-3H3. The molecule has 1 aromatic heterocycles. The number of hydrogen-bond donors (Lipinski definition) is 1. The van der Waals surface area contributed by atoms with Crippen LogP contribution in [0.4, 0.5) is 0 Å². The van der Waals surface area contributed by atoms with Gasteiger partial charge in [-0.05, 0) is 35.8 Å². The molecule has 0 aromatic carbocycles. The molecule has 0 saturated carbocycles. The molecule has 6 heteroatoms. The van der Waals surface area contributed by atoms with Gasteiger partial charge in [-0.15, -0.1) is 0 Å². The van der Waals surface area contributed by atoms with Crippen molar-refractivity contribution < 1.29 is 4.21 Å². The number of rotatable bonds is 5. The SMILES string of the molecule is Cc1nn(C)c(CS(=O)C(C)CCN)c1Br. The van der Waals surface area contributed by atoms with Gasteiger partial charge in [-0.3, -0.25) is 8.89 Å². The molecule has 0 radical (unpaired) electrons. The molecule has 2 unspecified atom stereocenters. The summed E-state index contributed by atoms with van der Waals surface area (Å²) in [6.07, 6.45) is 0.793. The average Bonchev–Trinajstić information content (AvgIpc) is 2.45. The lowest BCUT2D eigenvalue weighted by atomic mass is 10.3. The fourth-order valence-corrected chi connectivity index (χ4v) is 3.43. The molecule has 1 aromatic rings. The third-order valence-corrected chi connectivity index (χ3v) is 5.29. The van der Waals surface area contributed by atoms with Gasteiger partial charge in [0.15, 0.2) is 0 Å². The van der Waals surface area contributed by atoms with Gasteiger partial charge in [-0.25, -0.2) is 0 Å². The number of nitrogens with two attached hydrogens (primary N) is 1. The predicted octanol–water partition coefficient (Wildman–Crippen LogP) is 1.48. The summed E-state index contributed by atoms with van der Waals surface area (Å²) >= 11 is 3.48. The normalized spacial score (nSPS) is 15.1. The lowest BCUT2D eigenvalue weighted by molar-refractivity contribution is 0.659. The molecule has 0 amide bonds. The van der Waals surface area contributed by atoms with Crippen molar-refractivity contribution in [2.75, 3.05) is 6.54 Å². The topological polar surface area (TPSA) is 60.9 Å². The molecular weight excluding hydrogens is 290 g/mol. The second-order valence-corrected chi connectivity index (χ2v) is 6.53. The zero-order chi connectivity index (χ0) is 12.3. The van der Waals surface area contributed by atoms with Crippen LogP contribution in [0, 0.1) is 6.92 Å². The van der Waals surface area contributed by atoms with E-state index in [-0.39, 0.29) is 5.25 Å². The third-order valence-electron chi connectivity index (χ3n) is 2.56. The molecule has 92 valence electrons. The van der Waals surface area contributed by atoms with Gasteiger partial charge in [-0.1, -0.05) is 6.92 Å². The highest BCUT2D eigenvalue weighted by molar-refractivity contribution is 9.10. The Morgan fingerprint density at radius 3 is 2.69 bits per heavy atom. The summed E-state index contributed by atoms with van der Waals surface area (Å²) in [5, 5.41) is 4.41. The van der Waals surface area contributed by atoms with Crippen LogP contribution in [-0.2, 0) is 23.6 Å². The van der Waals surface area contributed by atoms with E-state index in [9.17, 15) is 4.21 Å². The Morgan fingerprint density at radius 2 is 2.25 bits per heavy atom. The van der Waals surface area contributed by atoms with E-state index in [1.807, 2.05) is 20.9 Å². The predicted molar refractivity (Wildman–Crippen MR) is 70.6 cm³/mol. The van der Waals surface area contributed by atoms with E-state index in [4.69, 9.17) is 5.73 Å². The maximum Gasteiger partial charge on any atom is 0.0738 e. The summed E-state index contributed by atoms with van der Waals surface area (Å²) in [4.78, 5) is 0. The molecule has 1 heterocycles. The average molecular weight is 308 g/mol. The minimum atomic E-state index is -0.894. The molecule has 0 bridgehead atoms. The van der Waals surface area contributed by atoms with Crippen LogP contribution in [0.2, 0.25) is 0 Å². The minimum Gasteiger partial charge on any atom is -0.330 e. The van der Waals surface area contributed by atoms with Crippen LogP contribution in [0.3, 0.4) is 0 Å². The summed E-state index contributed by atoms with van der Waals surface area (Å²) in [6, 6.07) is 0. The lowest BCUT2D eigenvalue weighted by Gasteiger charge is -2.10. The van der Waals surface area contributed by atoms with Crippen molar-refractivity contribution >= 4 is 26.7 Å². The molecule has 0 spiro atoms. The van der Waals surface area contributed by atoms with Gasteiger partial charge in [0, 0.05) is 23.1 Å². The summed E-state index contributed by atoms with van der Waals surface area (Å²) in [6.45, 7) is 4.48. The van der Waals surface area contributed by atoms with Gasteiger partial charge < -0.3 is 5.73 Å². The van der Waals surface area contributed by atoms with Crippen LogP contribution in [0.1, 0.15) is 24.7 Å². The quantitative estimate of drug-likeness (QED) is 0.896. The van der Waals surface area contributed by atoms with Crippen molar-refractivity contribution in [1.82, 2.24) is 9.78 Å². The number of aryl methyl sites for hydroxylation is 2. The first-order chi connectivity index (χ1) is 7.47. The van der Waals surface area contributed by atoms with Gasteiger partial charge in [-0.2, -0.15) is 5.10 Å². The Balaban J connectivity index is 2.77. The molecular formula is C10H18BrN3OS. The van der Waals surface area contributed by atoms with Crippen molar-refractivity contribution in [1.29, 1.82) is 0 Å². The summed E-state index contributed by atoms with van der Waals surface area (Å²) in [5.74, 6) is 0.527. The first kappa shape index (κ1) is 13.9. The van der Waals surface area contributed by atoms with Crippen LogP contribution in [0.15, 0.2) is 4.47 Å². The highest BCUT2D eigenvalue weighted by Crippen LogP contribution is 2.22. The van der Waals surface area contributed by atoms with E-state index in [0.717, 1.165) is 22.3 Å². The smallest absolute Gasteiger partial charge is 0.0738 e. The van der Waals surface area contributed by atoms with Crippen LogP contribution in [-0.4, -0.2) is 25.8 Å². The minimum absolute atomic E-state index is 0.132. The number of halogens is 1. The van der Waals surface area contributed by atoms with E-state index in [1.165, 1.54) is 0 Å². The molecule has 0 fully saturated rings. The zero-order valence-electron chi connectivity index (χ0n) is 9.86. The molecule has 16 heavy (non-hydrogen) atoms. The van der Waals surface area contributed by atoms with Gasteiger partial charge >= 0.3 is 0 Å². The van der Waals surface area contributed by atoms with Crippen LogP contribution in [0.25, 0.3) is 0 Å². The van der Waals surface area contributed by atoms with E-state index >= 15 is 0 Å². The highest BCUT2D eigenvalue weighted by atomic mass is 79.9. The van der Waals surface area contributed by atoms with Crippen LogP contribution < -0.4 is 5.73 Å². The van der Waals surface area contributed by atoms with Gasteiger partial charge in [0.05, 0.1) is 21.6 Å². The number of aromatic nitrogens is 2. The second kappa shape index (κ2) is 5.93. The number of nitrogens with zero attached hydrogens (tertiary/aromatic N) is 2. The van der Waals surface area contributed by atoms with E-state index in [0.29, 0.717) is 12.3 Å².